The zero-order valence-corrected chi connectivity index (χ0v) is 12.1. The minimum atomic E-state index is -1.05. The number of hydrogen-bond acceptors (Lipinski definition) is 5. The number of ether oxygens (including phenoxy) is 1. The van der Waals surface area contributed by atoms with Gasteiger partial charge in [-0.2, -0.15) is 0 Å². The van der Waals surface area contributed by atoms with Crippen molar-refractivity contribution in [3.8, 4) is 0 Å². The molecule has 0 saturated carbocycles. The van der Waals surface area contributed by atoms with Crippen LogP contribution in [-0.4, -0.2) is 46.2 Å². The van der Waals surface area contributed by atoms with Crippen molar-refractivity contribution < 1.29 is 19.4 Å². The third-order valence-corrected chi connectivity index (χ3v) is 3.56. The van der Waals surface area contributed by atoms with E-state index in [2.05, 4.69) is 15.3 Å². The Morgan fingerprint density at radius 3 is 2.81 bits per heavy atom. The second-order valence-corrected chi connectivity index (χ2v) is 5.18. The summed E-state index contributed by atoms with van der Waals surface area (Å²) in [5.41, 5.74) is 0.826. The third kappa shape index (κ3) is 3.75. The number of rotatable bonds is 4. The van der Waals surface area contributed by atoms with Crippen molar-refractivity contribution in [3.05, 3.63) is 23.3 Å². The highest BCUT2D eigenvalue weighted by atomic mass is 16.5. The van der Waals surface area contributed by atoms with Crippen molar-refractivity contribution in [3.63, 3.8) is 0 Å². The van der Waals surface area contributed by atoms with Crippen LogP contribution >= 0.6 is 0 Å². The Kier molecular flexibility index (Phi) is 4.85. The average molecular weight is 293 g/mol. The van der Waals surface area contributed by atoms with Gasteiger partial charge in [0, 0.05) is 18.7 Å². The number of aliphatic carboxylic acids is 1. The zero-order chi connectivity index (χ0) is 15.4. The average Bonchev–Trinajstić information content (AvgIpc) is 2.45. The summed E-state index contributed by atoms with van der Waals surface area (Å²) in [6.45, 7) is 4.42. The maximum absolute atomic E-state index is 12.2. The lowest BCUT2D eigenvalue weighted by molar-refractivity contribution is -0.142. The van der Waals surface area contributed by atoms with E-state index in [1.807, 2.05) is 0 Å². The van der Waals surface area contributed by atoms with Gasteiger partial charge in [-0.3, -0.25) is 4.79 Å². The molecule has 0 aliphatic carbocycles. The molecule has 0 radical (unpaired) electrons. The second-order valence-electron chi connectivity index (χ2n) is 5.18. The summed E-state index contributed by atoms with van der Waals surface area (Å²) in [7, 11) is 0. The summed E-state index contributed by atoms with van der Waals surface area (Å²) in [5.74, 6) is -1.17. The van der Waals surface area contributed by atoms with Crippen molar-refractivity contribution >= 4 is 11.9 Å². The Balaban J connectivity index is 2.12. The van der Waals surface area contributed by atoms with Gasteiger partial charge in [-0.25, -0.2) is 14.8 Å². The van der Waals surface area contributed by atoms with E-state index in [0.29, 0.717) is 30.3 Å². The van der Waals surface area contributed by atoms with Crippen molar-refractivity contribution in [1.29, 1.82) is 0 Å². The number of nitrogens with zero attached hydrogens (tertiary/aromatic N) is 2. The molecule has 2 atom stereocenters. The smallest absolute Gasteiger partial charge is 0.326 e. The third-order valence-electron chi connectivity index (χ3n) is 3.56. The Morgan fingerprint density at radius 2 is 2.24 bits per heavy atom. The zero-order valence-electron chi connectivity index (χ0n) is 12.1. The lowest BCUT2D eigenvalue weighted by Gasteiger charge is -2.28. The predicted octanol–water partition coefficient (Wildman–Crippen LogP) is 0.703. The predicted molar refractivity (Wildman–Crippen MR) is 73.9 cm³/mol. The van der Waals surface area contributed by atoms with Crippen molar-refractivity contribution in [2.24, 2.45) is 5.92 Å². The fourth-order valence-corrected chi connectivity index (χ4v) is 2.43. The van der Waals surface area contributed by atoms with Crippen LogP contribution < -0.4 is 5.32 Å². The minimum Gasteiger partial charge on any atom is -0.480 e. The Morgan fingerprint density at radius 1 is 1.48 bits per heavy atom. The maximum atomic E-state index is 12.2. The van der Waals surface area contributed by atoms with E-state index in [0.717, 1.165) is 12.8 Å². The van der Waals surface area contributed by atoms with E-state index in [-0.39, 0.29) is 5.92 Å². The fourth-order valence-electron chi connectivity index (χ4n) is 2.43. The molecule has 7 nitrogen and oxygen atoms in total. The molecule has 1 aromatic rings. The van der Waals surface area contributed by atoms with Crippen LogP contribution in [0.15, 0.2) is 6.20 Å². The van der Waals surface area contributed by atoms with Crippen LogP contribution in [0.3, 0.4) is 0 Å². The topological polar surface area (TPSA) is 101 Å². The molecule has 21 heavy (non-hydrogen) atoms. The first kappa shape index (κ1) is 15.4. The number of carbonyl (C=O) groups excluding carboxylic acids is 1. The Bertz CT molecular complexity index is 541. The highest BCUT2D eigenvalue weighted by Crippen LogP contribution is 2.18. The standard InChI is InChI=1S/C14H19N3O4/c1-8-11(6-15-9(2)16-8)13(18)17-12(14(19)20)10-4-3-5-21-7-10/h6,10,12H,3-5,7H2,1-2H3,(H,17,18)(H,19,20). The molecule has 2 N–H and O–H groups in total. The minimum absolute atomic E-state index is 0.216. The number of carbonyl (C=O) groups is 2. The van der Waals surface area contributed by atoms with Crippen LogP contribution in [-0.2, 0) is 9.53 Å². The molecule has 1 fully saturated rings. The highest BCUT2D eigenvalue weighted by Gasteiger charge is 2.32. The lowest BCUT2D eigenvalue weighted by Crippen LogP contribution is -2.48. The molecule has 2 heterocycles. The summed E-state index contributed by atoms with van der Waals surface area (Å²) < 4.78 is 5.30. The summed E-state index contributed by atoms with van der Waals surface area (Å²) in [6, 6.07) is -0.960. The summed E-state index contributed by atoms with van der Waals surface area (Å²) in [5, 5.41) is 11.9. The highest BCUT2D eigenvalue weighted by molar-refractivity contribution is 5.97. The van der Waals surface area contributed by atoms with Crippen LogP contribution in [0.1, 0.15) is 34.7 Å². The molecule has 1 saturated heterocycles. The molecule has 0 bridgehead atoms. The molecule has 1 amide bonds. The van der Waals surface area contributed by atoms with E-state index in [1.54, 1.807) is 13.8 Å². The number of carboxylic acid groups (broad SMARTS) is 1. The first-order valence-electron chi connectivity index (χ1n) is 6.90. The lowest BCUT2D eigenvalue weighted by atomic mass is 9.93. The van der Waals surface area contributed by atoms with Crippen molar-refractivity contribution in [1.82, 2.24) is 15.3 Å². The first-order valence-corrected chi connectivity index (χ1v) is 6.90. The fraction of sp³-hybridized carbons (Fsp3) is 0.571. The van der Waals surface area contributed by atoms with E-state index in [4.69, 9.17) is 4.74 Å². The van der Waals surface area contributed by atoms with Crippen LogP contribution in [0.4, 0.5) is 0 Å². The molecule has 1 aromatic heterocycles. The molecule has 0 spiro atoms. The SMILES string of the molecule is Cc1ncc(C(=O)NC(C(=O)O)C2CCCOC2)c(C)n1. The van der Waals surface area contributed by atoms with Crippen molar-refractivity contribution in [2.75, 3.05) is 13.2 Å². The largest absolute Gasteiger partial charge is 0.480 e. The molecular formula is C14H19N3O4. The van der Waals surface area contributed by atoms with Crippen LogP contribution in [0.5, 0.6) is 0 Å². The molecule has 2 rings (SSSR count). The van der Waals surface area contributed by atoms with Crippen LogP contribution in [0.2, 0.25) is 0 Å². The van der Waals surface area contributed by atoms with Gasteiger partial charge in [0.1, 0.15) is 11.9 Å². The second kappa shape index (κ2) is 6.62. The number of aromatic nitrogens is 2. The number of amides is 1. The summed E-state index contributed by atoms with van der Waals surface area (Å²) in [6.07, 6.45) is 2.95. The first-order chi connectivity index (χ1) is 9.99. The summed E-state index contributed by atoms with van der Waals surface area (Å²) in [4.78, 5) is 31.7. The van der Waals surface area contributed by atoms with E-state index >= 15 is 0 Å². The molecule has 114 valence electrons. The number of hydrogen-bond donors (Lipinski definition) is 2. The van der Waals surface area contributed by atoms with Gasteiger partial charge >= 0.3 is 5.97 Å². The number of carboxylic acids is 1. The van der Waals surface area contributed by atoms with Gasteiger partial charge in [0.15, 0.2) is 0 Å². The Labute approximate surface area is 122 Å². The molecule has 2 unspecified atom stereocenters. The molecule has 0 aromatic carbocycles. The Hall–Kier alpha value is -2.02. The quantitative estimate of drug-likeness (QED) is 0.847. The van der Waals surface area contributed by atoms with Gasteiger partial charge in [-0.1, -0.05) is 0 Å². The van der Waals surface area contributed by atoms with Gasteiger partial charge < -0.3 is 15.2 Å². The van der Waals surface area contributed by atoms with Gasteiger partial charge in [-0.15, -0.1) is 0 Å². The van der Waals surface area contributed by atoms with Gasteiger partial charge in [0.25, 0.3) is 5.91 Å². The van der Waals surface area contributed by atoms with Crippen molar-refractivity contribution in [2.45, 2.75) is 32.7 Å². The molecular weight excluding hydrogens is 274 g/mol. The van der Waals surface area contributed by atoms with Gasteiger partial charge in [-0.05, 0) is 26.7 Å². The normalized spacial score (nSPS) is 19.8. The number of nitrogens with one attached hydrogen (secondary N) is 1. The van der Waals surface area contributed by atoms with Crippen LogP contribution in [0, 0.1) is 19.8 Å². The van der Waals surface area contributed by atoms with Gasteiger partial charge in [0.05, 0.1) is 17.9 Å². The van der Waals surface area contributed by atoms with E-state index in [1.165, 1.54) is 6.20 Å². The molecule has 1 aliphatic rings. The monoisotopic (exact) mass is 293 g/mol. The molecule has 1 aliphatic heterocycles. The maximum Gasteiger partial charge on any atom is 0.326 e. The molecule has 7 heteroatoms. The van der Waals surface area contributed by atoms with Crippen LogP contribution in [0.25, 0.3) is 0 Å². The van der Waals surface area contributed by atoms with E-state index < -0.39 is 17.9 Å². The van der Waals surface area contributed by atoms with Gasteiger partial charge in [0.2, 0.25) is 0 Å². The van der Waals surface area contributed by atoms with E-state index in [9.17, 15) is 14.7 Å². The number of aryl methyl sites for hydroxylation is 2. The summed E-state index contributed by atoms with van der Waals surface area (Å²) >= 11 is 0.